The molecule has 0 N–H and O–H groups in total. The number of nitrogens with zero attached hydrogens (tertiary/aromatic N) is 2. The van der Waals surface area contributed by atoms with Crippen LogP contribution in [0, 0.1) is 0 Å². The summed E-state index contributed by atoms with van der Waals surface area (Å²) < 4.78 is 30.2. The molecule has 156 valence electrons. The fraction of sp³-hybridized carbons (Fsp3) is 0.333. The lowest BCUT2D eigenvalue weighted by Gasteiger charge is -2.30. The smallest absolute Gasteiger partial charge is 0.279 e. The average Bonchev–Trinajstić information content (AvgIpc) is 3.43. The lowest BCUT2D eigenvalue weighted by Crippen LogP contribution is -2.47. The van der Waals surface area contributed by atoms with Crippen molar-refractivity contribution in [2.45, 2.75) is 18.3 Å². The molecule has 2 aromatic carbocycles. The molecule has 2 aliphatic rings. The molecule has 1 aliphatic heterocycles. The second-order valence-corrected chi connectivity index (χ2v) is 11.5. The zero-order valence-corrected chi connectivity index (χ0v) is 18.4. The van der Waals surface area contributed by atoms with E-state index >= 15 is 0 Å². The zero-order chi connectivity index (χ0) is 20.9. The van der Waals surface area contributed by atoms with E-state index in [0.717, 1.165) is 28.6 Å². The Morgan fingerprint density at radius 2 is 1.80 bits per heavy atom. The minimum absolute atomic E-state index is 0.0362. The van der Waals surface area contributed by atoms with Crippen LogP contribution in [0.25, 0.3) is 10.2 Å². The molecule has 6 nitrogen and oxygen atoms in total. The molecular formula is C21H19ClN2O4S2. The first kappa shape index (κ1) is 19.8. The minimum Gasteiger partial charge on any atom is -0.431 e. The third kappa shape index (κ3) is 3.68. The molecule has 1 aromatic heterocycles. The fourth-order valence-electron chi connectivity index (χ4n) is 3.83. The summed E-state index contributed by atoms with van der Waals surface area (Å²) in [6, 6.07) is 13.1. The van der Waals surface area contributed by atoms with Gasteiger partial charge < -0.3 is 9.64 Å². The molecule has 1 saturated heterocycles. The van der Waals surface area contributed by atoms with Crippen LogP contribution in [-0.2, 0) is 20.0 Å². The number of ether oxygens (including phenoxy) is 1. The van der Waals surface area contributed by atoms with Crippen LogP contribution in [0.5, 0.6) is 10.9 Å². The number of rotatable bonds is 4. The van der Waals surface area contributed by atoms with Crippen molar-refractivity contribution in [1.29, 1.82) is 0 Å². The van der Waals surface area contributed by atoms with E-state index < -0.39 is 15.3 Å². The largest absolute Gasteiger partial charge is 0.431 e. The summed E-state index contributed by atoms with van der Waals surface area (Å²) in [6.07, 6.45) is 1.57. The van der Waals surface area contributed by atoms with E-state index in [1.54, 1.807) is 11.0 Å². The van der Waals surface area contributed by atoms with E-state index in [1.807, 2.05) is 36.4 Å². The first-order valence-corrected chi connectivity index (χ1v) is 12.7. The van der Waals surface area contributed by atoms with Gasteiger partial charge in [0.25, 0.3) is 5.19 Å². The maximum absolute atomic E-state index is 13.1. The summed E-state index contributed by atoms with van der Waals surface area (Å²) in [5.74, 6) is 0.787. The van der Waals surface area contributed by atoms with Crippen LogP contribution in [-0.4, -0.2) is 48.8 Å². The van der Waals surface area contributed by atoms with Gasteiger partial charge in [0.05, 0.1) is 27.1 Å². The number of carbonyl (C=O) groups is 1. The molecule has 2 fully saturated rings. The first-order chi connectivity index (χ1) is 14.3. The van der Waals surface area contributed by atoms with Gasteiger partial charge in [0.1, 0.15) is 5.75 Å². The Morgan fingerprint density at radius 3 is 2.47 bits per heavy atom. The van der Waals surface area contributed by atoms with Crippen molar-refractivity contribution in [2.24, 2.45) is 0 Å². The second-order valence-electron chi connectivity index (χ2n) is 7.74. The monoisotopic (exact) mass is 462 g/mol. The van der Waals surface area contributed by atoms with Crippen LogP contribution >= 0.6 is 22.9 Å². The number of amides is 1. The molecule has 1 amide bonds. The minimum atomic E-state index is -3.01. The predicted molar refractivity (Wildman–Crippen MR) is 117 cm³/mol. The fourth-order valence-corrected chi connectivity index (χ4v) is 6.15. The van der Waals surface area contributed by atoms with E-state index in [-0.39, 0.29) is 30.5 Å². The topological polar surface area (TPSA) is 76.6 Å². The Labute approximate surface area is 183 Å². The van der Waals surface area contributed by atoms with Crippen molar-refractivity contribution in [1.82, 2.24) is 9.88 Å². The summed E-state index contributed by atoms with van der Waals surface area (Å²) in [5.41, 5.74) is 1.26. The molecular weight excluding hydrogens is 444 g/mol. The van der Waals surface area contributed by atoms with Crippen LogP contribution in [0.2, 0.25) is 5.02 Å². The van der Waals surface area contributed by atoms with Crippen LogP contribution in [0.4, 0.5) is 0 Å². The van der Waals surface area contributed by atoms with Crippen LogP contribution in [0.3, 0.4) is 0 Å². The first-order valence-electron chi connectivity index (χ1n) is 9.69. The van der Waals surface area contributed by atoms with Crippen molar-refractivity contribution in [3.8, 4) is 10.9 Å². The second kappa shape index (κ2) is 7.21. The maximum Gasteiger partial charge on any atom is 0.279 e. The van der Waals surface area contributed by atoms with Gasteiger partial charge in [-0.15, -0.1) is 0 Å². The molecule has 0 spiro atoms. The Hall–Kier alpha value is -2.16. The van der Waals surface area contributed by atoms with Gasteiger partial charge >= 0.3 is 0 Å². The highest BCUT2D eigenvalue weighted by atomic mass is 35.5. The molecule has 0 radical (unpaired) electrons. The molecule has 2 heterocycles. The van der Waals surface area contributed by atoms with Crippen molar-refractivity contribution in [3.05, 3.63) is 53.1 Å². The quantitative estimate of drug-likeness (QED) is 0.585. The lowest BCUT2D eigenvalue weighted by atomic mass is 9.94. The third-order valence-electron chi connectivity index (χ3n) is 5.73. The van der Waals surface area contributed by atoms with Gasteiger partial charge in [-0.1, -0.05) is 35.1 Å². The van der Waals surface area contributed by atoms with Gasteiger partial charge in [0.15, 0.2) is 9.84 Å². The molecule has 0 bridgehead atoms. The molecule has 30 heavy (non-hydrogen) atoms. The molecule has 0 unspecified atom stereocenters. The van der Waals surface area contributed by atoms with Crippen molar-refractivity contribution >= 4 is 48.9 Å². The van der Waals surface area contributed by atoms with Gasteiger partial charge in [0.2, 0.25) is 5.91 Å². The number of hydrogen-bond acceptors (Lipinski definition) is 6. The summed E-state index contributed by atoms with van der Waals surface area (Å²) in [6.45, 7) is 0.567. The number of fused-ring (bicyclic) bond motifs is 1. The van der Waals surface area contributed by atoms with Gasteiger partial charge in [0, 0.05) is 18.1 Å². The molecule has 1 saturated carbocycles. The summed E-state index contributed by atoms with van der Waals surface area (Å²) >= 11 is 7.45. The average molecular weight is 463 g/mol. The summed E-state index contributed by atoms with van der Waals surface area (Å²) in [7, 11) is -3.01. The predicted octanol–water partition coefficient (Wildman–Crippen LogP) is 4.03. The number of halogens is 1. The maximum atomic E-state index is 13.1. The summed E-state index contributed by atoms with van der Waals surface area (Å²) in [5, 5.41) is 1.19. The van der Waals surface area contributed by atoms with Crippen molar-refractivity contribution < 1.29 is 17.9 Å². The van der Waals surface area contributed by atoms with E-state index in [9.17, 15) is 13.2 Å². The van der Waals surface area contributed by atoms with Crippen LogP contribution < -0.4 is 4.74 Å². The molecule has 3 aromatic rings. The highest BCUT2D eigenvalue weighted by Gasteiger charge is 2.53. The van der Waals surface area contributed by atoms with E-state index in [0.29, 0.717) is 16.0 Å². The number of hydrogen-bond donors (Lipinski definition) is 0. The molecule has 1 aliphatic carbocycles. The molecule has 9 heteroatoms. The van der Waals surface area contributed by atoms with E-state index in [1.165, 1.54) is 11.3 Å². The van der Waals surface area contributed by atoms with Gasteiger partial charge in [-0.2, -0.15) is 0 Å². The van der Waals surface area contributed by atoms with Crippen LogP contribution in [0.15, 0.2) is 42.5 Å². The van der Waals surface area contributed by atoms with Gasteiger partial charge in [-0.05, 0) is 48.7 Å². The number of carbonyl (C=O) groups excluding carboxylic acids is 1. The number of benzene rings is 2. The number of sulfone groups is 1. The summed E-state index contributed by atoms with van der Waals surface area (Å²) in [4.78, 5) is 19.2. The highest BCUT2D eigenvalue weighted by molar-refractivity contribution is 7.91. The lowest BCUT2D eigenvalue weighted by molar-refractivity contribution is -0.133. The highest BCUT2D eigenvalue weighted by Crippen LogP contribution is 2.50. The van der Waals surface area contributed by atoms with Crippen molar-refractivity contribution in [3.63, 3.8) is 0 Å². The number of aromatic nitrogens is 1. The standard InChI is InChI=1S/C21H19ClN2O4S2/c22-15-3-6-17-18(13-15)29-20(23-17)28-16-4-1-14(2-5-16)21(7-8-21)19(25)24-9-11-30(26,27)12-10-24/h1-6,13H,7-12H2. The third-order valence-corrected chi connectivity index (χ3v) is 8.47. The Bertz CT molecular complexity index is 1220. The zero-order valence-electron chi connectivity index (χ0n) is 16.0. The van der Waals surface area contributed by atoms with E-state index in [4.69, 9.17) is 16.3 Å². The number of thiazole rings is 1. The molecule has 5 rings (SSSR count). The SMILES string of the molecule is O=C(N1CCS(=O)(=O)CC1)C1(c2ccc(Oc3nc4ccc(Cl)cc4s3)cc2)CC1. The molecule has 0 atom stereocenters. The van der Waals surface area contributed by atoms with Crippen molar-refractivity contribution in [2.75, 3.05) is 24.6 Å². The Kier molecular flexibility index (Phi) is 4.76. The Balaban J connectivity index is 1.31. The van der Waals surface area contributed by atoms with E-state index in [2.05, 4.69) is 4.98 Å². The van der Waals surface area contributed by atoms with Gasteiger partial charge in [-0.25, -0.2) is 13.4 Å². The Morgan fingerprint density at radius 1 is 1.10 bits per heavy atom. The van der Waals surface area contributed by atoms with Gasteiger partial charge in [-0.3, -0.25) is 4.79 Å². The van der Waals surface area contributed by atoms with Crippen LogP contribution in [0.1, 0.15) is 18.4 Å². The normalized spacial score (nSPS) is 19.6.